The van der Waals surface area contributed by atoms with E-state index in [2.05, 4.69) is 11.4 Å². The number of carbonyl (C=O) groups is 2. The van der Waals surface area contributed by atoms with Gasteiger partial charge in [0.25, 0.3) is 5.91 Å². The van der Waals surface area contributed by atoms with Gasteiger partial charge in [-0.05, 0) is 55.1 Å². The van der Waals surface area contributed by atoms with Crippen LogP contribution in [0.25, 0.3) is 0 Å². The van der Waals surface area contributed by atoms with E-state index in [1.54, 1.807) is 9.80 Å². The topological polar surface area (TPSA) is 52.6 Å². The number of piperazine rings is 1. The Bertz CT molecular complexity index is 858. The fourth-order valence-corrected chi connectivity index (χ4v) is 4.01. The van der Waals surface area contributed by atoms with Crippen LogP contribution < -0.4 is 10.2 Å². The molecule has 0 radical (unpaired) electrons. The molecular formula is C22H25N3O2. The molecule has 27 heavy (non-hydrogen) atoms. The fourth-order valence-electron chi connectivity index (χ4n) is 4.01. The van der Waals surface area contributed by atoms with Gasteiger partial charge in [-0.2, -0.15) is 0 Å². The number of carbonyl (C=O) groups excluding carboxylic acids is 2. The van der Waals surface area contributed by atoms with Crippen LogP contribution in [-0.4, -0.2) is 49.4 Å². The Morgan fingerprint density at radius 3 is 2.70 bits per heavy atom. The van der Waals surface area contributed by atoms with Crippen molar-refractivity contribution in [2.75, 3.05) is 37.6 Å². The molecule has 2 fully saturated rings. The van der Waals surface area contributed by atoms with Crippen LogP contribution >= 0.6 is 0 Å². The predicted molar refractivity (Wildman–Crippen MR) is 106 cm³/mol. The fraction of sp³-hybridized carbons (Fsp3) is 0.364. The van der Waals surface area contributed by atoms with Gasteiger partial charge < -0.3 is 15.1 Å². The minimum Gasteiger partial charge on any atom is -0.328 e. The van der Waals surface area contributed by atoms with Crippen molar-refractivity contribution >= 4 is 17.5 Å². The summed E-state index contributed by atoms with van der Waals surface area (Å²) in [6, 6.07) is 15.8. The molecule has 5 heteroatoms. The van der Waals surface area contributed by atoms with Gasteiger partial charge in [-0.1, -0.05) is 30.3 Å². The van der Waals surface area contributed by atoms with Gasteiger partial charge in [-0.15, -0.1) is 0 Å². The highest BCUT2D eigenvalue weighted by Crippen LogP contribution is 2.25. The van der Waals surface area contributed by atoms with Crippen molar-refractivity contribution in [3.8, 4) is 0 Å². The van der Waals surface area contributed by atoms with Gasteiger partial charge in [0.05, 0.1) is 0 Å². The Balaban J connectivity index is 1.47. The Hall–Kier alpha value is -2.66. The van der Waals surface area contributed by atoms with E-state index < -0.39 is 0 Å². The molecule has 0 aliphatic carbocycles. The van der Waals surface area contributed by atoms with Crippen molar-refractivity contribution in [1.29, 1.82) is 0 Å². The van der Waals surface area contributed by atoms with Crippen molar-refractivity contribution < 1.29 is 9.59 Å². The van der Waals surface area contributed by atoms with Crippen LogP contribution in [0.1, 0.15) is 33.8 Å². The minimum atomic E-state index is -0.0550. The van der Waals surface area contributed by atoms with Crippen LogP contribution in [0.2, 0.25) is 0 Å². The zero-order valence-corrected chi connectivity index (χ0v) is 15.6. The number of aryl methyl sites for hydroxylation is 1. The van der Waals surface area contributed by atoms with Crippen molar-refractivity contribution in [1.82, 2.24) is 10.2 Å². The molecule has 2 heterocycles. The molecule has 1 atom stereocenters. The molecule has 1 unspecified atom stereocenters. The van der Waals surface area contributed by atoms with Crippen molar-refractivity contribution in [3.05, 3.63) is 65.2 Å². The number of nitrogens with one attached hydrogen (secondary N) is 1. The number of hydrogen-bond donors (Lipinski definition) is 1. The molecule has 0 saturated carbocycles. The van der Waals surface area contributed by atoms with Crippen LogP contribution in [0.15, 0.2) is 48.5 Å². The summed E-state index contributed by atoms with van der Waals surface area (Å²) in [4.78, 5) is 29.1. The highest BCUT2D eigenvalue weighted by atomic mass is 16.2. The SMILES string of the molecule is Cc1ccccc1N1CCN(C(=O)c2cccc(C3CCNC3)c2)CC1=O. The molecule has 0 bridgehead atoms. The first-order valence-corrected chi connectivity index (χ1v) is 9.59. The summed E-state index contributed by atoms with van der Waals surface area (Å²) in [5, 5.41) is 3.37. The molecule has 2 aliphatic heterocycles. The molecule has 2 saturated heterocycles. The Morgan fingerprint density at radius 1 is 1.11 bits per heavy atom. The summed E-state index contributed by atoms with van der Waals surface area (Å²) in [5.74, 6) is 0.387. The van der Waals surface area contributed by atoms with Crippen LogP contribution in [-0.2, 0) is 4.79 Å². The standard InChI is InChI=1S/C22H25N3O2/c1-16-5-2-3-8-20(16)25-12-11-24(15-21(25)26)22(27)18-7-4-6-17(13-18)19-9-10-23-14-19/h2-8,13,19,23H,9-12,14-15H2,1H3. The number of nitrogens with zero attached hydrogens (tertiary/aromatic N) is 2. The number of amides is 2. The van der Waals surface area contributed by atoms with E-state index in [-0.39, 0.29) is 18.4 Å². The van der Waals surface area contributed by atoms with Crippen LogP contribution in [0.4, 0.5) is 5.69 Å². The van der Waals surface area contributed by atoms with E-state index in [9.17, 15) is 9.59 Å². The Kier molecular flexibility index (Phi) is 4.94. The van der Waals surface area contributed by atoms with Gasteiger partial charge in [0.15, 0.2) is 0 Å². The first-order valence-electron chi connectivity index (χ1n) is 9.59. The Labute approximate surface area is 160 Å². The number of para-hydroxylation sites is 1. The molecule has 0 aromatic heterocycles. The number of anilines is 1. The van der Waals surface area contributed by atoms with E-state index in [1.807, 2.05) is 49.4 Å². The summed E-state index contributed by atoms with van der Waals surface area (Å²) in [6.07, 6.45) is 1.10. The van der Waals surface area contributed by atoms with E-state index in [1.165, 1.54) is 5.56 Å². The highest BCUT2D eigenvalue weighted by molar-refractivity contribution is 6.02. The van der Waals surface area contributed by atoms with Gasteiger partial charge in [0, 0.05) is 30.9 Å². The smallest absolute Gasteiger partial charge is 0.254 e. The average molecular weight is 363 g/mol. The van der Waals surface area contributed by atoms with Crippen molar-refractivity contribution in [2.24, 2.45) is 0 Å². The summed E-state index contributed by atoms with van der Waals surface area (Å²) in [5.41, 5.74) is 3.89. The molecule has 1 N–H and O–H groups in total. The van der Waals surface area contributed by atoms with Gasteiger partial charge in [-0.3, -0.25) is 9.59 Å². The monoisotopic (exact) mass is 363 g/mol. The van der Waals surface area contributed by atoms with Gasteiger partial charge in [-0.25, -0.2) is 0 Å². The van der Waals surface area contributed by atoms with Crippen molar-refractivity contribution in [2.45, 2.75) is 19.3 Å². The zero-order chi connectivity index (χ0) is 18.8. The quantitative estimate of drug-likeness (QED) is 0.912. The van der Waals surface area contributed by atoms with Gasteiger partial charge >= 0.3 is 0 Å². The Morgan fingerprint density at radius 2 is 1.96 bits per heavy atom. The third kappa shape index (κ3) is 3.60. The van der Waals surface area contributed by atoms with E-state index in [4.69, 9.17) is 0 Å². The minimum absolute atomic E-state index is 0.0277. The second kappa shape index (κ2) is 7.53. The average Bonchev–Trinajstić information content (AvgIpc) is 3.23. The first-order chi connectivity index (χ1) is 13.1. The molecule has 2 aromatic carbocycles. The first kappa shape index (κ1) is 17.7. The third-order valence-electron chi connectivity index (χ3n) is 5.58. The van der Waals surface area contributed by atoms with Crippen LogP contribution in [0.5, 0.6) is 0 Å². The largest absolute Gasteiger partial charge is 0.328 e. The molecule has 2 aliphatic rings. The lowest BCUT2D eigenvalue weighted by atomic mass is 9.96. The molecule has 2 aromatic rings. The van der Waals surface area contributed by atoms with Crippen molar-refractivity contribution in [3.63, 3.8) is 0 Å². The van der Waals surface area contributed by atoms with Crippen LogP contribution in [0.3, 0.4) is 0 Å². The normalized spacial score (nSPS) is 20.2. The second-order valence-corrected chi connectivity index (χ2v) is 7.37. The molecule has 140 valence electrons. The third-order valence-corrected chi connectivity index (χ3v) is 5.58. The van der Waals surface area contributed by atoms with E-state index in [0.29, 0.717) is 24.6 Å². The highest BCUT2D eigenvalue weighted by Gasteiger charge is 2.29. The number of benzene rings is 2. The summed E-state index contributed by atoms with van der Waals surface area (Å²) in [7, 11) is 0. The van der Waals surface area contributed by atoms with E-state index in [0.717, 1.165) is 30.8 Å². The van der Waals surface area contributed by atoms with Gasteiger partial charge in [0.1, 0.15) is 6.54 Å². The second-order valence-electron chi connectivity index (χ2n) is 7.37. The van der Waals surface area contributed by atoms with Crippen LogP contribution in [0, 0.1) is 6.92 Å². The molecule has 2 amide bonds. The zero-order valence-electron chi connectivity index (χ0n) is 15.6. The summed E-state index contributed by atoms with van der Waals surface area (Å²) < 4.78 is 0. The number of rotatable bonds is 3. The molecule has 4 rings (SSSR count). The molecule has 5 nitrogen and oxygen atoms in total. The summed E-state index contributed by atoms with van der Waals surface area (Å²) in [6.45, 7) is 5.20. The number of hydrogen-bond acceptors (Lipinski definition) is 3. The lowest BCUT2D eigenvalue weighted by molar-refractivity contribution is -0.120. The predicted octanol–water partition coefficient (Wildman–Crippen LogP) is 2.56. The summed E-state index contributed by atoms with van der Waals surface area (Å²) >= 11 is 0. The maximum absolute atomic E-state index is 13.0. The lowest BCUT2D eigenvalue weighted by Crippen LogP contribution is -2.52. The lowest BCUT2D eigenvalue weighted by Gasteiger charge is -2.35. The maximum atomic E-state index is 13.0. The maximum Gasteiger partial charge on any atom is 0.254 e. The molecule has 0 spiro atoms. The molecular weight excluding hydrogens is 338 g/mol. The van der Waals surface area contributed by atoms with Gasteiger partial charge in [0.2, 0.25) is 5.91 Å². The van der Waals surface area contributed by atoms with E-state index >= 15 is 0 Å².